The van der Waals surface area contributed by atoms with E-state index in [0.717, 1.165) is 25.2 Å². The Morgan fingerprint density at radius 2 is 1.79 bits per heavy atom. The van der Waals surface area contributed by atoms with Crippen molar-refractivity contribution in [3.05, 3.63) is 60.4 Å². The first kappa shape index (κ1) is 10.7. The summed E-state index contributed by atoms with van der Waals surface area (Å²) in [6.45, 7) is 0.823. The van der Waals surface area contributed by atoms with E-state index in [1.54, 1.807) is 0 Å². The molecule has 94 valence electrons. The van der Waals surface area contributed by atoms with Gasteiger partial charge in [0.25, 0.3) is 0 Å². The Bertz CT molecular complexity index is 728. The Morgan fingerprint density at radius 1 is 0.947 bits per heavy atom. The standard InChI is InChI=1S/C17H15NO/c1-2-7-13(8-3-1)16-14-9-4-5-11-18(14)15-10-6-12-19-17(15)16/h1-5,7-9,11H,6,10,12H2. The highest BCUT2D eigenvalue weighted by atomic mass is 16.5. The molecule has 0 saturated carbocycles. The maximum Gasteiger partial charge on any atom is 0.148 e. The van der Waals surface area contributed by atoms with Gasteiger partial charge in [0.2, 0.25) is 0 Å². The van der Waals surface area contributed by atoms with Crippen LogP contribution in [0, 0.1) is 0 Å². The number of fused-ring (bicyclic) bond motifs is 3. The summed E-state index contributed by atoms with van der Waals surface area (Å²) >= 11 is 0. The fourth-order valence-corrected chi connectivity index (χ4v) is 2.94. The van der Waals surface area contributed by atoms with Crippen LogP contribution in [0.2, 0.25) is 0 Å². The zero-order chi connectivity index (χ0) is 12.7. The van der Waals surface area contributed by atoms with E-state index in [9.17, 15) is 0 Å². The predicted octanol–water partition coefficient (Wildman–Crippen LogP) is 3.93. The molecule has 0 amide bonds. The highest BCUT2D eigenvalue weighted by molar-refractivity contribution is 5.88. The fourth-order valence-electron chi connectivity index (χ4n) is 2.94. The van der Waals surface area contributed by atoms with Gasteiger partial charge in [-0.05, 0) is 30.5 Å². The van der Waals surface area contributed by atoms with E-state index >= 15 is 0 Å². The van der Waals surface area contributed by atoms with E-state index in [0.29, 0.717) is 0 Å². The molecule has 0 unspecified atom stereocenters. The van der Waals surface area contributed by atoms with Crippen molar-refractivity contribution in [1.29, 1.82) is 0 Å². The second kappa shape index (κ2) is 4.16. The summed E-state index contributed by atoms with van der Waals surface area (Å²) in [5.41, 5.74) is 5.01. The molecular formula is C17H15NO. The van der Waals surface area contributed by atoms with Gasteiger partial charge in [0.15, 0.2) is 0 Å². The molecule has 0 fully saturated rings. The predicted molar refractivity (Wildman–Crippen MR) is 76.6 cm³/mol. The zero-order valence-electron chi connectivity index (χ0n) is 10.7. The maximum atomic E-state index is 5.97. The molecule has 0 radical (unpaired) electrons. The minimum atomic E-state index is 0.823. The number of benzene rings is 1. The molecule has 0 spiro atoms. The first-order valence-corrected chi connectivity index (χ1v) is 6.75. The Balaban J connectivity index is 2.09. The van der Waals surface area contributed by atoms with Gasteiger partial charge in [0, 0.05) is 11.8 Å². The molecule has 2 nitrogen and oxygen atoms in total. The van der Waals surface area contributed by atoms with Gasteiger partial charge in [0.1, 0.15) is 5.75 Å². The largest absolute Gasteiger partial charge is 0.491 e. The lowest BCUT2D eigenvalue weighted by molar-refractivity contribution is 0.288. The van der Waals surface area contributed by atoms with Crippen LogP contribution in [0.5, 0.6) is 5.75 Å². The van der Waals surface area contributed by atoms with E-state index < -0.39 is 0 Å². The smallest absolute Gasteiger partial charge is 0.148 e. The third kappa shape index (κ3) is 1.56. The lowest BCUT2D eigenvalue weighted by atomic mass is 10.0. The maximum absolute atomic E-state index is 5.97. The minimum absolute atomic E-state index is 0.823. The number of nitrogens with zero attached hydrogens (tertiary/aromatic N) is 1. The molecule has 19 heavy (non-hydrogen) atoms. The second-order valence-electron chi connectivity index (χ2n) is 4.92. The molecule has 3 heterocycles. The zero-order valence-corrected chi connectivity index (χ0v) is 10.7. The van der Waals surface area contributed by atoms with E-state index in [1.807, 2.05) is 0 Å². The second-order valence-corrected chi connectivity index (χ2v) is 4.92. The van der Waals surface area contributed by atoms with Gasteiger partial charge in [-0.25, -0.2) is 0 Å². The van der Waals surface area contributed by atoms with Crippen LogP contribution in [0.4, 0.5) is 0 Å². The number of aryl methyl sites for hydroxylation is 1. The van der Waals surface area contributed by atoms with Crippen LogP contribution in [0.3, 0.4) is 0 Å². The first-order chi connectivity index (χ1) is 9.45. The Kier molecular flexibility index (Phi) is 2.34. The molecule has 1 aliphatic rings. The molecule has 0 N–H and O–H groups in total. The molecule has 0 atom stereocenters. The van der Waals surface area contributed by atoms with E-state index in [-0.39, 0.29) is 0 Å². The highest BCUT2D eigenvalue weighted by Gasteiger charge is 2.22. The molecule has 1 aliphatic heterocycles. The Hall–Kier alpha value is -2.22. The summed E-state index contributed by atoms with van der Waals surface area (Å²) in [5, 5.41) is 0. The molecule has 0 saturated heterocycles. The summed E-state index contributed by atoms with van der Waals surface area (Å²) in [4.78, 5) is 0. The van der Waals surface area contributed by atoms with Crippen molar-refractivity contribution in [1.82, 2.24) is 4.40 Å². The van der Waals surface area contributed by atoms with Crippen LogP contribution in [-0.2, 0) is 6.42 Å². The van der Waals surface area contributed by atoms with Gasteiger partial charge in [-0.15, -0.1) is 0 Å². The van der Waals surface area contributed by atoms with Crippen LogP contribution in [0.25, 0.3) is 16.6 Å². The number of rotatable bonds is 1. The molecule has 2 heteroatoms. The van der Waals surface area contributed by atoms with Crippen molar-refractivity contribution in [3.63, 3.8) is 0 Å². The minimum Gasteiger partial charge on any atom is -0.491 e. The first-order valence-electron chi connectivity index (χ1n) is 6.75. The molecule has 1 aromatic carbocycles. The summed E-state index contributed by atoms with van der Waals surface area (Å²) in [6.07, 6.45) is 4.32. The topological polar surface area (TPSA) is 13.6 Å². The van der Waals surface area contributed by atoms with Gasteiger partial charge < -0.3 is 9.14 Å². The molecular weight excluding hydrogens is 234 g/mol. The monoisotopic (exact) mass is 249 g/mol. The van der Waals surface area contributed by atoms with Crippen LogP contribution in [-0.4, -0.2) is 11.0 Å². The summed E-state index contributed by atoms with van der Waals surface area (Å²) < 4.78 is 8.25. The fraction of sp³-hybridized carbons (Fsp3) is 0.176. The summed E-state index contributed by atoms with van der Waals surface area (Å²) in [7, 11) is 0. The van der Waals surface area contributed by atoms with Crippen molar-refractivity contribution in [3.8, 4) is 16.9 Å². The number of aromatic nitrogens is 1. The summed E-state index contributed by atoms with van der Waals surface area (Å²) in [6, 6.07) is 16.9. The van der Waals surface area contributed by atoms with Gasteiger partial charge in [-0.3, -0.25) is 0 Å². The van der Waals surface area contributed by atoms with E-state index in [2.05, 4.69) is 59.1 Å². The van der Waals surface area contributed by atoms with Crippen LogP contribution >= 0.6 is 0 Å². The van der Waals surface area contributed by atoms with Crippen molar-refractivity contribution in [2.75, 3.05) is 6.61 Å². The SMILES string of the molecule is c1ccc(-c2c3c(n4ccccc24)CCCO3)cc1. The number of ether oxygens (including phenoxy) is 1. The Morgan fingerprint density at radius 3 is 2.68 bits per heavy atom. The quantitative estimate of drug-likeness (QED) is 0.637. The lowest BCUT2D eigenvalue weighted by Gasteiger charge is -2.15. The van der Waals surface area contributed by atoms with Crippen LogP contribution in [0.15, 0.2) is 54.7 Å². The normalized spacial score (nSPS) is 14.1. The number of hydrogen-bond acceptors (Lipinski definition) is 1. The van der Waals surface area contributed by atoms with Crippen molar-refractivity contribution >= 4 is 5.52 Å². The molecule has 2 aromatic heterocycles. The van der Waals surface area contributed by atoms with Gasteiger partial charge in [0.05, 0.1) is 17.8 Å². The highest BCUT2D eigenvalue weighted by Crippen LogP contribution is 2.41. The molecule has 0 bridgehead atoms. The average Bonchev–Trinajstić information content (AvgIpc) is 2.83. The molecule has 3 aromatic rings. The lowest BCUT2D eigenvalue weighted by Crippen LogP contribution is -2.08. The average molecular weight is 249 g/mol. The van der Waals surface area contributed by atoms with E-state index in [4.69, 9.17) is 4.74 Å². The third-order valence-corrected chi connectivity index (χ3v) is 3.76. The third-order valence-electron chi connectivity index (χ3n) is 3.76. The summed E-state index contributed by atoms with van der Waals surface area (Å²) in [5.74, 6) is 1.07. The van der Waals surface area contributed by atoms with Crippen LogP contribution < -0.4 is 4.74 Å². The number of hydrogen-bond donors (Lipinski definition) is 0. The van der Waals surface area contributed by atoms with Crippen molar-refractivity contribution in [2.24, 2.45) is 0 Å². The molecule has 4 rings (SSSR count). The number of pyridine rings is 1. The van der Waals surface area contributed by atoms with Crippen LogP contribution in [0.1, 0.15) is 12.1 Å². The Labute approximate surface area is 112 Å². The molecule has 0 aliphatic carbocycles. The van der Waals surface area contributed by atoms with Gasteiger partial charge >= 0.3 is 0 Å². The van der Waals surface area contributed by atoms with E-state index in [1.165, 1.54) is 22.3 Å². The van der Waals surface area contributed by atoms with Gasteiger partial charge in [-0.2, -0.15) is 0 Å². The van der Waals surface area contributed by atoms with Crippen molar-refractivity contribution < 1.29 is 4.74 Å². The van der Waals surface area contributed by atoms with Gasteiger partial charge in [-0.1, -0.05) is 36.4 Å². The van der Waals surface area contributed by atoms with Crippen molar-refractivity contribution in [2.45, 2.75) is 12.8 Å².